The standard InChI is InChI=1S/C8H4F2NO/c9-6-1-2-7(10)8(5-6)12-4-3-11/h1-2H,4H2. The van der Waals surface area contributed by atoms with Crippen molar-refractivity contribution in [3.8, 4) is 11.8 Å². The van der Waals surface area contributed by atoms with Crippen LogP contribution in [0, 0.1) is 29.0 Å². The van der Waals surface area contributed by atoms with Gasteiger partial charge in [0.25, 0.3) is 0 Å². The Morgan fingerprint density at radius 3 is 2.92 bits per heavy atom. The van der Waals surface area contributed by atoms with Crippen LogP contribution in [0.2, 0.25) is 0 Å². The lowest BCUT2D eigenvalue weighted by Gasteiger charge is -2.00. The summed E-state index contributed by atoms with van der Waals surface area (Å²) in [4.78, 5) is 0. The second-order valence-corrected chi connectivity index (χ2v) is 1.93. The molecular formula is C8H4F2NO. The number of hydrogen-bond donors (Lipinski definition) is 0. The zero-order valence-electron chi connectivity index (χ0n) is 5.97. The molecule has 0 unspecified atom stereocenters. The van der Waals surface area contributed by atoms with E-state index in [4.69, 9.17) is 5.26 Å². The zero-order valence-corrected chi connectivity index (χ0v) is 5.97. The Bertz CT molecular complexity index is 319. The van der Waals surface area contributed by atoms with E-state index in [0.717, 1.165) is 12.1 Å². The van der Waals surface area contributed by atoms with Crippen molar-refractivity contribution in [2.45, 2.75) is 0 Å². The molecule has 1 aromatic rings. The maximum atomic E-state index is 12.7. The molecule has 4 heteroatoms. The van der Waals surface area contributed by atoms with Gasteiger partial charge >= 0.3 is 0 Å². The van der Waals surface area contributed by atoms with Crippen molar-refractivity contribution in [3.63, 3.8) is 0 Å². The van der Waals surface area contributed by atoms with E-state index in [1.807, 2.05) is 6.07 Å². The van der Waals surface area contributed by atoms with E-state index in [1.165, 1.54) is 0 Å². The SMILES string of the molecule is N#CCOc1[c]c(F)ccc1F. The van der Waals surface area contributed by atoms with Crippen LogP contribution in [0.3, 0.4) is 0 Å². The molecule has 0 N–H and O–H groups in total. The van der Waals surface area contributed by atoms with Crippen LogP contribution in [0.25, 0.3) is 0 Å². The van der Waals surface area contributed by atoms with E-state index >= 15 is 0 Å². The van der Waals surface area contributed by atoms with Gasteiger partial charge in [0.05, 0.1) is 6.07 Å². The van der Waals surface area contributed by atoms with Crippen LogP contribution < -0.4 is 4.74 Å². The minimum atomic E-state index is -0.730. The smallest absolute Gasteiger partial charge is 0.174 e. The Balaban J connectivity index is 2.84. The molecular weight excluding hydrogens is 164 g/mol. The highest BCUT2D eigenvalue weighted by Crippen LogP contribution is 2.16. The molecule has 0 aliphatic rings. The maximum Gasteiger partial charge on any atom is 0.174 e. The van der Waals surface area contributed by atoms with E-state index in [9.17, 15) is 8.78 Å². The van der Waals surface area contributed by atoms with Gasteiger partial charge in [0.2, 0.25) is 0 Å². The average molecular weight is 168 g/mol. The molecule has 61 valence electrons. The minimum Gasteiger partial charge on any atom is -0.475 e. The first kappa shape index (κ1) is 8.47. The van der Waals surface area contributed by atoms with Crippen LogP contribution in [0.1, 0.15) is 0 Å². The summed E-state index contributed by atoms with van der Waals surface area (Å²) in [5.74, 6) is -1.81. The minimum absolute atomic E-state index is 0.323. The van der Waals surface area contributed by atoms with Gasteiger partial charge in [-0.05, 0) is 12.1 Å². The van der Waals surface area contributed by atoms with Crippen LogP contribution in [-0.2, 0) is 0 Å². The molecule has 2 nitrogen and oxygen atoms in total. The van der Waals surface area contributed by atoms with E-state index in [2.05, 4.69) is 4.74 Å². The Kier molecular flexibility index (Phi) is 2.59. The first-order valence-electron chi connectivity index (χ1n) is 3.11. The van der Waals surface area contributed by atoms with Crippen LogP contribution in [-0.4, -0.2) is 6.61 Å². The number of rotatable bonds is 2. The van der Waals surface area contributed by atoms with Crippen molar-refractivity contribution >= 4 is 0 Å². The molecule has 12 heavy (non-hydrogen) atoms. The maximum absolute atomic E-state index is 12.7. The van der Waals surface area contributed by atoms with Crippen molar-refractivity contribution in [1.82, 2.24) is 0 Å². The molecule has 0 heterocycles. The summed E-state index contributed by atoms with van der Waals surface area (Å²) in [6.45, 7) is -0.323. The molecule has 1 radical (unpaired) electrons. The van der Waals surface area contributed by atoms with Gasteiger partial charge in [-0.3, -0.25) is 0 Å². The summed E-state index contributed by atoms with van der Waals surface area (Å²) in [5, 5.41) is 8.08. The van der Waals surface area contributed by atoms with E-state index < -0.39 is 11.6 Å². The Hall–Kier alpha value is -1.63. The summed E-state index contributed by atoms with van der Waals surface area (Å²) >= 11 is 0. The largest absolute Gasteiger partial charge is 0.475 e. The van der Waals surface area contributed by atoms with E-state index in [-0.39, 0.29) is 12.4 Å². The predicted octanol–water partition coefficient (Wildman–Crippen LogP) is 1.67. The van der Waals surface area contributed by atoms with Crippen molar-refractivity contribution in [2.24, 2.45) is 0 Å². The zero-order chi connectivity index (χ0) is 8.97. The molecule has 0 bridgehead atoms. The van der Waals surface area contributed by atoms with Gasteiger partial charge in [0, 0.05) is 0 Å². The van der Waals surface area contributed by atoms with Gasteiger partial charge in [-0.1, -0.05) is 0 Å². The second-order valence-electron chi connectivity index (χ2n) is 1.93. The molecule has 1 rings (SSSR count). The third kappa shape index (κ3) is 1.92. The topological polar surface area (TPSA) is 33.0 Å². The highest BCUT2D eigenvalue weighted by molar-refractivity contribution is 5.23. The number of benzene rings is 1. The van der Waals surface area contributed by atoms with Gasteiger partial charge in [-0.25, -0.2) is 8.78 Å². The normalized spacial score (nSPS) is 9.08. The van der Waals surface area contributed by atoms with Crippen molar-refractivity contribution in [2.75, 3.05) is 6.61 Å². The molecule has 0 saturated heterocycles. The molecule has 0 amide bonds. The first-order valence-corrected chi connectivity index (χ1v) is 3.11. The number of halogens is 2. The average Bonchev–Trinajstić information content (AvgIpc) is 2.07. The van der Waals surface area contributed by atoms with Crippen molar-refractivity contribution in [1.29, 1.82) is 5.26 Å². The molecule has 1 aromatic carbocycles. The molecule has 0 atom stereocenters. The summed E-state index contributed by atoms with van der Waals surface area (Å²) in [5.41, 5.74) is 0. The molecule has 0 aromatic heterocycles. The van der Waals surface area contributed by atoms with Crippen LogP contribution in [0.15, 0.2) is 12.1 Å². The van der Waals surface area contributed by atoms with Crippen LogP contribution in [0.4, 0.5) is 8.78 Å². The third-order valence-electron chi connectivity index (χ3n) is 1.11. The quantitative estimate of drug-likeness (QED) is 0.672. The van der Waals surface area contributed by atoms with E-state index in [1.54, 1.807) is 6.07 Å². The molecule has 0 saturated carbocycles. The fourth-order valence-corrected chi connectivity index (χ4v) is 0.641. The molecule has 0 aliphatic carbocycles. The summed E-state index contributed by atoms with van der Waals surface area (Å²) in [6.07, 6.45) is 0. The van der Waals surface area contributed by atoms with Crippen LogP contribution >= 0.6 is 0 Å². The lowest BCUT2D eigenvalue weighted by Crippen LogP contribution is -1.96. The van der Waals surface area contributed by atoms with Gasteiger partial charge in [-0.2, -0.15) is 5.26 Å². The Morgan fingerprint density at radius 1 is 1.50 bits per heavy atom. The van der Waals surface area contributed by atoms with Gasteiger partial charge in [0.15, 0.2) is 18.2 Å². The Morgan fingerprint density at radius 2 is 2.25 bits per heavy atom. The van der Waals surface area contributed by atoms with Crippen molar-refractivity contribution in [3.05, 3.63) is 29.8 Å². The van der Waals surface area contributed by atoms with Gasteiger partial charge in [-0.15, -0.1) is 0 Å². The second kappa shape index (κ2) is 3.67. The fourth-order valence-electron chi connectivity index (χ4n) is 0.641. The summed E-state index contributed by atoms with van der Waals surface area (Å²) < 4.78 is 29.6. The number of nitrogens with zero attached hydrogens (tertiary/aromatic N) is 1. The lowest BCUT2D eigenvalue weighted by atomic mass is 10.3. The highest BCUT2D eigenvalue weighted by atomic mass is 19.1. The lowest BCUT2D eigenvalue weighted by molar-refractivity contribution is 0.342. The number of ether oxygens (including phenoxy) is 1. The van der Waals surface area contributed by atoms with Gasteiger partial charge in [0.1, 0.15) is 11.9 Å². The van der Waals surface area contributed by atoms with Gasteiger partial charge < -0.3 is 4.74 Å². The summed E-state index contributed by atoms with van der Waals surface area (Å²) in [6, 6.07) is 5.47. The monoisotopic (exact) mass is 168 g/mol. The Labute approximate surface area is 68.0 Å². The summed E-state index contributed by atoms with van der Waals surface area (Å²) in [7, 11) is 0. The fraction of sp³-hybridized carbons (Fsp3) is 0.125. The third-order valence-corrected chi connectivity index (χ3v) is 1.11. The highest BCUT2D eigenvalue weighted by Gasteiger charge is 2.04. The number of nitriles is 1. The first-order chi connectivity index (χ1) is 5.74. The molecule has 0 spiro atoms. The van der Waals surface area contributed by atoms with Crippen molar-refractivity contribution < 1.29 is 13.5 Å². The predicted molar refractivity (Wildman–Crippen MR) is 36.3 cm³/mol. The molecule has 0 aliphatic heterocycles. The molecule has 0 fully saturated rings. The van der Waals surface area contributed by atoms with E-state index in [0.29, 0.717) is 0 Å². The van der Waals surface area contributed by atoms with Crippen LogP contribution in [0.5, 0.6) is 5.75 Å². The number of hydrogen-bond acceptors (Lipinski definition) is 2.